The number of thioether (sulfide) groups is 1. The molecule has 0 spiro atoms. The fraction of sp³-hybridized carbons (Fsp3) is 0.235. The van der Waals surface area contributed by atoms with E-state index in [-0.39, 0.29) is 5.56 Å². The molecule has 0 fully saturated rings. The van der Waals surface area contributed by atoms with Crippen LogP contribution >= 0.6 is 11.8 Å². The number of hydrogen-bond acceptors (Lipinski definition) is 5. The van der Waals surface area contributed by atoms with Crippen LogP contribution in [0, 0.1) is 0 Å². The third kappa shape index (κ3) is 3.60. The summed E-state index contributed by atoms with van der Waals surface area (Å²) >= 11 is 1.53. The predicted octanol–water partition coefficient (Wildman–Crippen LogP) is 2.58. The molecule has 3 aromatic rings. The Balaban J connectivity index is 2.06. The molecular weight excluding hydrogens is 310 g/mol. The molecule has 2 aromatic heterocycles. The zero-order chi connectivity index (χ0) is 16.1. The molecule has 0 amide bonds. The summed E-state index contributed by atoms with van der Waals surface area (Å²) in [5, 5.41) is 1.34. The summed E-state index contributed by atoms with van der Waals surface area (Å²) in [5.41, 5.74) is 1.67. The summed E-state index contributed by atoms with van der Waals surface area (Å²) in [7, 11) is 1.66. The smallest absolute Gasteiger partial charge is 0.262 e. The maximum atomic E-state index is 12.8. The first-order valence-electron chi connectivity index (χ1n) is 7.30. The van der Waals surface area contributed by atoms with E-state index in [1.165, 1.54) is 11.8 Å². The summed E-state index contributed by atoms with van der Waals surface area (Å²) in [5.74, 6) is 0.744. The number of hydrogen-bond donors (Lipinski definition) is 0. The third-order valence-electron chi connectivity index (χ3n) is 3.41. The Hall–Kier alpha value is -2.18. The Morgan fingerprint density at radius 2 is 2.09 bits per heavy atom. The van der Waals surface area contributed by atoms with E-state index in [2.05, 4.69) is 9.97 Å². The monoisotopic (exact) mass is 327 g/mol. The standard InChI is InChI=1S/C17H17N3O2S/c1-22-9-10-23-17-19-15-7-3-2-6-14(15)16(21)20(17)12-13-5-4-8-18-11-13/h2-8,11H,9-10,12H2,1H3. The highest BCUT2D eigenvalue weighted by atomic mass is 32.2. The van der Waals surface area contributed by atoms with Gasteiger partial charge in [-0.1, -0.05) is 30.0 Å². The molecule has 1 aromatic carbocycles. The second-order valence-corrected chi connectivity index (χ2v) is 6.07. The first-order valence-corrected chi connectivity index (χ1v) is 8.28. The van der Waals surface area contributed by atoms with Crippen molar-refractivity contribution in [3.63, 3.8) is 0 Å². The topological polar surface area (TPSA) is 57.0 Å². The van der Waals surface area contributed by atoms with E-state index in [1.807, 2.05) is 36.4 Å². The number of benzene rings is 1. The molecular formula is C17H17N3O2S. The lowest BCUT2D eigenvalue weighted by Gasteiger charge is -2.13. The van der Waals surface area contributed by atoms with E-state index in [4.69, 9.17) is 4.74 Å². The Morgan fingerprint density at radius 1 is 1.22 bits per heavy atom. The van der Waals surface area contributed by atoms with Gasteiger partial charge in [-0.2, -0.15) is 0 Å². The predicted molar refractivity (Wildman–Crippen MR) is 91.9 cm³/mol. The Kier molecular flexibility index (Phi) is 5.05. The van der Waals surface area contributed by atoms with Crippen LogP contribution in [0.1, 0.15) is 5.56 Å². The highest BCUT2D eigenvalue weighted by molar-refractivity contribution is 7.99. The average Bonchev–Trinajstić information content (AvgIpc) is 2.59. The molecule has 0 radical (unpaired) electrons. The highest BCUT2D eigenvalue weighted by Crippen LogP contribution is 2.18. The lowest BCUT2D eigenvalue weighted by molar-refractivity contribution is 0.218. The average molecular weight is 327 g/mol. The summed E-state index contributed by atoms with van der Waals surface area (Å²) in [6, 6.07) is 11.3. The highest BCUT2D eigenvalue weighted by Gasteiger charge is 2.11. The van der Waals surface area contributed by atoms with Gasteiger partial charge in [-0.05, 0) is 23.8 Å². The number of ether oxygens (including phenoxy) is 1. The fourth-order valence-corrected chi connectivity index (χ4v) is 3.19. The lowest BCUT2D eigenvalue weighted by atomic mass is 10.2. The van der Waals surface area contributed by atoms with Crippen LogP contribution in [0.4, 0.5) is 0 Å². The van der Waals surface area contributed by atoms with Gasteiger partial charge in [0.2, 0.25) is 0 Å². The number of nitrogens with zero attached hydrogens (tertiary/aromatic N) is 3. The summed E-state index contributed by atoms with van der Waals surface area (Å²) in [4.78, 5) is 21.6. The van der Waals surface area contributed by atoms with Crippen LogP contribution in [0.3, 0.4) is 0 Å². The van der Waals surface area contributed by atoms with Crippen molar-refractivity contribution in [1.82, 2.24) is 14.5 Å². The van der Waals surface area contributed by atoms with Crippen molar-refractivity contribution < 1.29 is 4.74 Å². The van der Waals surface area contributed by atoms with Gasteiger partial charge in [0, 0.05) is 25.3 Å². The number of aromatic nitrogens is 3. The van der Waals surface area contributed by atoms with E-state index in [0.717, 1.165) is 16.8 Å². The molecule has 2 heterocycles. The van der Waals surface area contributed by atoms with Crippen LogP contribution in [-0.2, 0) is 11.3 Å². The van der Waals surface area contributed by atoms with Crippen LogP contribution in [0.15, 0.2) is 58.7 Å². The zero-order valence-electron chi connectivity index (χ0n) is 12.8. The van der Waals surface area contributed by atoms with Crippen LogP contribution in [0.5, 0.6) is 0 Å². The minimum atomic E-state index is -0.0284. The maximum Gasteiger partial charge on any atom is 0.262 e. The van der Waals surface area contributed by atoms with Crippen molar-refractivity contribution in [2.75, 3.05) is 19.5 Å². The van der Waals surface area contributed by atoms with Crippen molar-refractivity contribution in [1.29, 1.82) is 0 Å². The molecule has 118 valence electrons. The molecule has 23 heavy (non-hydrogen) atoms. The van der Waals surface area contributed by atoms with Crippen molar-refractivity contribution >= 4 is 22.7 Å². The van der Waals surface area contributed by atoms with E-state index < -0.39 is 0 Å². The van der Waals surface area contributed by atoms with Crippen molar-refractivity contribution in [3.05, 3.63) is 64.7 Å². The molecule has 0 saturated carbocycles. The number of methoxy groups -OCH3 is 1. The molecule has 0 unspecified atom stereocenters. The van der Waals surface area contributed by atoms with E-state index in [1.54, 1.807) is 24.1 Å². The van der Waals surface area contributed by atoms with Crippen molar-refractivity contribution in [2.24, 2.45) is 0 Å². The largest absolute Gasteiger partial charge is 0.384 e. The fourth-order valence-electron chi connectivity index (χ4n) is 2.29. The summed E-state index contributed by atoms with van der Waals surface area (Å²) in [6.45, 7) is 1.07. The van der Waals surface area contributed by atoms with Crippen molar-refractivity contribution in [2.45, 2.75) is 11.7 Å². The first-order chi connectivity index (χ1) is 11.3. The second-order valence-electron chi connectivity index (χ2n) is 5.01. The van der Waals surface area contributed by atoms with Gasteiger partial charge in [-0.15, -0.1) is 0 Å². The molecule has 0 N–H and O–H groups in total. The number of para-hydroxylation sites is 1. The van der Waals surface area contributed by atoms with Gasteiger partial charge in [-0.25, -0.2) is 4.98 Å². The lowest BCUT2D eigenvalue weighted by Crippen LogP contribution is -2.24. The summed E-state index contributed by atoms with van der Waals surface area (Å²) in [6.07, 6.45) is 3.49. The molecule has 0 aliphatic carbocycles. The van der Waals surface area contributed by atoms with E-state index in [0.29, 0.717) is 23.7 Å². The quantitative estimate of drug-likeness (QED) is 0.396. The molecule has 0 saturated heterocycles. The Morgan fingerprint density at radius 3 is 2.87 bits per heavy atom. The van der Waals surface area contributed by atoms with Crippen LogP contribution < -0.4 is 5.56 Å². The van der Waals surface area contributed by atoms with Gasteiger partial charge in [-0.3, -0.25) is 14.3 Å². The van der Waals surface area contributed by atoms with Gasteiger partial charge in [0.15, 0.2) is 5.16 Å². The Bertz CT molecular complexity index is 849. The van der Waals surface area contributed by atoms with Gasteiger partial charge in [0.25, 0.3) is 5.56 Å². The van der Waals surface area contributed by atoms with Gasteiger partial charge in [0.05, 0.1) is 24.1 Å². The van der Waals surface area contributed by atoms with E-state index >= 15 is 0 Å². The zero-order valence-corrected chi connectivity index (χ0v) is 13.6. The van der Waals surface area contributed by atoms with Crippen molar-refractivity contribution in [3.8, 4) is 0 Å². The third-order valence-corrected chi connectivity index (χ3v) is 4.35. The molecule has 3 rings (SSSR count). The van der Waals surface area contributed by atoms with Gasteiger partial charge >= 0.3 is 0 Å². The first kappa shape index (κ1) is 15.7. The summed E-state index contributed by atoms with van der Waals surface area (Å²) < 4.78 is 6.80. The van der Waals surface area contributed by atoms with E-state index in [9.17, 15) is 4.79 Å². The maximum absolute atomic E-state index is 12.8. The molecule has 0 atom stereocenters. The molecule has 6 heteroatoms. The van der Waals surface area contributed by atoms with Crippen LogP contribution in [-0.4, -0.2) is 34.0 Å². The second kappa shape index (κ2) is 7.39. The van der Waals surface area contributed by atoms with Gasteiger partial charge < -0.3 is 4.74 Å². The van der Waals surface area contributed by atoms with Crippen LogP contribution in [0.25, 0.3) is 10.9 Å². The number of rotatable bonds is 6. The number of fused-ring (bicyclic) bond motifs is 1. The molecule has 5 nitrogen and oxygen atoms in total. The normalized spacial score (nSPS) is 11.0. The minimum absolute atomic E-state index is 0.0284. The molecule has 0 aliphatic heterocycles. The minimum Gasteiger partial charge on any atom is -0.384 e. The Labute approximate surface area is 138 Å². The van der Waals surface area contributed by atoms with Gasteiger partial charge in [0.1, 0.15) is 0 Å². The molecule has 0 bridgehead atoms. The SMILES string of the molecule is COCCSc1nc2ccccc2c(=O)n1Cc1cccnc1. The molecule has 0 aliphatic rings. The number of pyridine rings is 1. The van der Waals surface area contributed by atoms with Crippen LogP contribution in [0.2, 0.25) is 0 Å².